The van der Waals surface area contributed by atoms with Gasteiger partial charge in [-0.3, -0.25) is 0 Å². The predicted octanol–water partition coefficient (Wildman–Crippen LogP) is 5.05. The second-order valence-electron chi connectivity index (χ2n) is 4.87. The van der Waals surface area contributed by atoms with Crippen LogP contribution in [0.15, 0.2) is 52.0 Å². The molecule has 0 atom stereocenters. The molecule has 0 fully saturated rings. The maximum absolute atomic E-state index is 11.7. The molecular weight excluding hydrogens is 394 g/mol. The molecule has 5 nitrogen and oxygen atoms in total. The Morgan fingerprint density at radius 2 is 2.17 bits per heavy atom. The molecule has 2 N–H and O–H groups in total. The molecule has 0 saturated heterocycles. The molecule has 126 valence electrons. The Morgan fingerprint density at radius 1 is 1.33 bits per heavy atom. The predicted molar refractivity (Wildman–Crippen MR) is 101 cm³/mol. The highest BCUT2D eigenvalue weighted by Gasteiger charge is 2.02. The molecule has 24 heavy (non-hydrogen) atoms. The van der Waals surface area contributed by atoms with Gasteiger partial charge >= 0.3 is 6.03 Å². The van der Waals surface area contributed by atoms with E-state index >= 15 is 0 Å². The quantitative estimate of drug-likeness (QED) is 0.517. The highest BCUT2D eigenvalue weighted by atomic mass is 79.9. The molecule has 7 heteroatoms. The van der Waals surface area contributed by atoms with E-state index in [1.165, 1.54) is 0 Å². The van der Waals surface area contributed by atoms with Gasteiger partial charge in [-0.05, 0) is 64.3 Å². The number of hydrogen-bond acceptors (Lipinski definition) is 3. The standard InChI is InChI=1S/C17H17BrClN3O2/c1-2-8-24-16-7-6-12(9-15(16)18)11-20-22-17(23)21-14-5-3-4-13(19)10-14/h3-7,9-11H,2,8H2,1H3,(H2,21,22,23)/b20-11-. The van der Waals surface area contributed by atoms with Gasteiger partial charge in [0.25, 0.3) is 0 Å². The lowest BCUT2D eigenvalue weighted by Gasteiger charge is -2.07. The third kappa shape index (κ3) is 5.86. The highest BCUT2D eigenvalue weighted by molar-refractivity contribution is 9.10. The van der Waals surface area contributed by atoms with E-state index in [-0.39, 0.29) is 0 Å². The molecule has 0 aliphatic rings. The number of ether oxygens (including phenoxy) is 1. The zero-order chi connectivity index (χ0) is 17.4. The average molecular weight is 411 g/mol. The summed E-state index contributed by atoms with van der Waals surface area (Å²) in [4.78, 5) is 11.7. The van der Waals surface area contributed by atoms with Crippen LogP contribution >= 0.6 is 27.5 Å². The lowest BCUT2D eigenvalue weighted by molar-refractivity contribution is 0.252. The fourth-order valence-electron chi connectivity index (χ4n) is 1.82. The van der Waals surface area contributed by atoms with E-state index in [0.29, 0.717) is 17.3 Å². The molecule has 0 unspecified atom stereocenters. The van der Waals surface area contributed by atoms with Gasteiger partial charge in [0, 0.05) is 10.7 Å². The fourth-order valence-corrected chi connectivity index (χ4v) is 2.52. The Hall–Kier alpha value is -2.05. The first kappa shape index (κ1) is 18.3. The summed E-state index contributed by atoms with van der Waals surface area (Å²) in [6.07, 6.45) is 2.49. The number of amides is 2. The molecule has 0 heterocycles. The number of carbonyl (C=O) groups excluding carboxylic acids is 1. The van der Waals surface area contributed by atoms with E-state index in [0.717, 1.165) is 22.2 Å². The number of hydrogen-bond donors (Lipinski definition) is 2. The van der Waals surface area contributed by atoms with Crippen molar-refractivity contribution < 1.29 is 9.53 Å². The zero-order valence-corrected chi connectivity index (χ0v) is 15.4. The Kier molecular flexibility index (Phi) is 7.08. The van der Waals surface area contributed by atoms with Crippen LogP contribution in [0.1, 0.15) is 18.9 Å². The molecule has 0 saturated carbocycles. The molecule has 2 aromatic rings. The zero-order valence-electron chi connectivity index (χ0n) is 13.1. The number of benzene rings is 2. The monoisotopic (exact) mass is 409 g/mol. The van der Waals surface area contributed by atoms with Gasteiger partial charge in [-0.25, -0.2) is 10.2 Å². The fraction of sp³-hybridized carbons (Fsp3) is 0.176. The molecule has 0 spiro atoms. The van der Waals surface area contributed by atoms with Gasteiger partial charge < -0.3 is 10.1 Å². The maximum Gasteiger partial charge on any atom is 0.339 e. The van der Waals surface area contributed by atoms with Crippen LogP contribution in [0.3, 0.4) is 0 Å². The van der Waals surface area contributed by atoms with Crippen molar-refractivity contribution in [2.24, 2.45) is 5.10 Å². The second kappa shape index (κ2) is 9.30. The van der Waals surface area contributed by atoms with Crippen molar-refractivity contribution in [1.82, 2.24) is 5.43 Å². The van der Waals surface area contributed by atoms with Gasteiger partial charge in [-0.2, -0.15) is 5.10 Å². The van der Waals surface area contributed by atoms with Crippen molar-refractivity contribution in [2.75, 3.05) is 11.9 Å². The van der Waals surface area contributed by atoms with E-state index < -0.39 is 6.03 Å². The van der Waals surface area contributed by atoms with Crippen LogP contribution in [-0.2, 0) is 0 Å². The van der Waals surface area contributed by atoms with E-state index in [1.807, 2.05) is 18.2 Å². The van der Waals surface area contributed by atoms with Crippen molar-refractivity contribution in [3.63, 3.8) is 0 Å². The third-order valence-electron chi connectivity index (χ3n) is 2.88. The van der Waals surface area contributed by atoms with Crippen LogP contribution in [0.5, 0.6) is 5.75 Å². The minimum atomic E-state index is -0.449. The highest BCUT2D eigenvalue weighted by Crippen LogP contribution is 2.25. The number of hydrazone groups is 1. The topological polar surface area (TPSA) is 62.7 Å². The van der Waals surface area contributed by atoms with Gasteiger partial charge in [0.1, 0.15) is 5.75 Å². The van der Waals surface area contributed by atoms with Crippen LogP contribution in [-0.4, -0.2) is 18.9 Å². The summed E-state index contributed by atoms with van der Waals surface area (Å²) in [7, 11) is 0. The van der Waals surface area contributed by atoms with E-state index in [4.69, 9.17) is 16.3 Å². The molecule has 0 bridgehead atoms. The summed E-state index contributed by atoms with van der Waals surface area (Å²) in [5.74, 6) is 0.778. The number of nitrogens with zero attached hydrogens (tertiary/aromatic N) is 1. The number of nitrogens with one attached hydrogen (secondary N) is 2. The summed E-state index contributed by atoms with van der Waals surface area (Å²) in [5.41, 5.74) is 3.82. The number of halogens is 2. The van der Waals surface area contributed by atoms with Gasteiger partial charge in [0.15, 0.2) is 0 Å². The lowest BCUT2D eigenvalue weighted by atomic mass is 10.2. The Labute approximate surface area is 154 Å². The molecule has 2 amide bonds. The summed E-state index contributed by atoms with van der Waals surface area (Å²) >= 11 is 9.31. The molecule has 0 aliphatic carbocycles. The summed E-state index contributed by atoms with van der Waals surface area (Å²) in [6.45, 7) is 2.71. The van der Waals surface area contributed by atoms with Crippen molar-refractivity contribution in [2.45, 2.75) is 13.3 Å². The minimum absolute atomic E-state index is 0.449. The Morgan fingerprint density at radius 3 is 2.88 bits per heavy atom. The number of carbonyl (C=O) groups is 1. The minimum Gasteiger partial charge on any atom is -0.492 e. The van der Waals surface area contributed by atoms with Gasteiger partial charge in [-0.15, -0.1) is 0 Å². The van der Waals surface area contributed by atoms with Crippen LogP contribution in [0.2, 0.25) is 5.02 Å². The van der Waals surface area contributed by atoms with Crippen LogP contribution in [0.4, 0.5) is 10.5 Å². The maximum atomic E-state index is 11.7. The molecule has 2 rings (SSSR count). The first-order valence-electron chi connectivity index (χ1n) is 7.36. The van der Waals surface area contributed by atoms with E-state index in [1.54, 1.807) is 30.5 Å². The summed E-state index contributed by atoms with van der Waals surface area (Å²) < 4.78 is 6.41. The van der Waals surface area contributed by atoms with Crippen molar-refractivity contribution in [3.8, 4) is 5.75 Å². The normalized spacial score (nSPS) is 10.6. The van der Waals surface area contributed by atoms with E-state index in [9.17, 15) is 4.79 Å². The van der Waals surface area contributed by atoms with E-state index in [2.05, 4.69) is 38.7 Å². The van der Waals surface area contributed by atoms with Gasteiger partial charge in [0.2, 0.25) is 0 Å². The number of anilines is 1. The van der Waals surface area contributed by atoms with Crippen LogP contribution < -0.4 is 15.5 Å². The average Bonchev–Trinajstić information content (AvgIpc) is 2.54. The first-order chi connectivity index (χ1) is 11.6. The smallest absolute Gasteiger partial charge is 0.339 e. The van der Waals surface area contributed by atoms with Crippen molar-refractivity contribution in [1.29, 1.82) is 0 Å². The molecular formula is C17H17BrClN3O2. The van der Waals surface area contributed by atoms with Crippen molar-refractivity contribution >= 4 is 45.5 Å². The molecule has 0 radical (unpaired) electrons. The van der Waals surface area contributed by atoms with Crippen molar-refractivity contribution in [3.05, 3.63) is 57.5 Å². The van der Waals surface area contributed by atoms with Crippen LogP contribution in [0, 0.1) is 0 Å². The Balaban J connectivity index is 1.89. The SMILES string of the molecule is CCCOc1ccc(/C=N\NC(=O)Nc2cccc(Cl)c2)cc1Br. The second-order valence-corrected chi connectivity index (χ2v) is 6.16. The van der Waals surface area contributed by atoms with Gasteiger partial charge in [-0.1, -0.05) is 24.6 Å². The third-order valence-corrected chi connectivity index (χ3v) is 3.73. The van der Waals surface area contributed by atoms with Gasteiger partial charge in [0.05, 0.1) is 17.3 Å². The molecule has 0 aliphatic heterocycles. The lowest BCUT2D eigenvalue weighted by Crippen LogP contribution is -2.24. The number of rotatable bonds is 6. The number of urea groups is 1. The summed E-state index contributed by atoms with van der Waals surface area (Å²) in [5, 5.41) is 7.09. The molecule has 2 aromatic carbocycles. The largest absolute Gasteiger partial charge is 0.492 e. The summed E-state index contributed by atoms with van der Waals surface area (Å²) in [6, 6.07) is 12.0. The molecule has 0 aromatic heterocycles. The first-order valence-corrected chi connectivity index (χ1v) is 8.53. The van der Waals surface area contributed by atoms with Crippen LogP contribution in [0.25, 0.3) is 0 Å². The Bertz CT molecular complexity index is 738.